The maximum atomic E-state index is 12.9. The van der Waals surface area contributed by atoms with E-state index in [0.29, 0.717) is 30.8 Å². The van der Waals surface area contributed by atoms with E-state index in [2.05, 4.69) is 67.0 Å². The number of aryl methyl sites for hydroxylation is 3. The van der Waals surface area contributed by atoms with E-state index in [-0.39, 0.29) is 18.3 Å². The van der Waals surface area contributed by atoms with Crippen molar-refractivity contribution >= 4 is 18.3 Å². The molecule has 4 rings (SSSR count). The maximum absolute atomic E-state index is 12.9. The van der Waals surface area contributed by atoms with E-state index < -0.39 is 0 Å². The first-order chi connectivity index (χ1) is 13.4. The first-order valence-electron chi connectivity index (χ1n) is 10.4. The van der Waals surface area contributed by atoms with Crippen LogP contribution in [-0.4, -0.2) is 52.2 Å². The quantitative estimate of drug-likeness (QED) is 0.763. The van der Waals surface area contributed by atoms with Crippen molar-refractivity contribution < 1.29 is 4.79 Å². The van der Waals surface area contributed by atoms with Crippen LogP contribution in [0.3, 0.4) is 0 Å². The van der Waals surface area contributed by atoms with Crippen LogP contribution >= 0.6 is 12.4 Å². The summed E-state index contributed by atoms with van der Waals surface area (Å²) in [6.07, 6.45) is 0.533. The lowest BCUT2D eigenvalue weighted by Gasteiger charge is -2.28. The van der Waals surface area contributed by atoms with E-state index in [9.17, 15) is 4.79 Å². The molecule has 158 valence electrons. The zero-order valence-corrected chi connectivity index (χ0v) is 19.0. The Kier molecular flexibility index (Phi) is 6.39. The number of amides is 1. The second-order valence-corrected chi connectivity index (χ2v) is 8.73. The summed E-state index contributed by atoms with van der Waals surface area (Å²) in [6, 6.07) is 9.12. The molecule has 1 aromatic carbocycles. The average molecular weight is 417 g/mol. The van der Waals surface area contributed by atoms with Gasteiger partial charge in [-0.25, -0.2) is 0 Å². The van der Waals surface area contributed by atoms with Crippen molar-refractivity contribution in [3.05, 3.63) is 52.3 Å². The van der Waals surface area contributed by atoms with Gasteiger partial charge in [-0.1, -0.05) is 24.3 Å². The fraction of sp³-hybridized carbons (Fsp3) is 0.565. The zero-order valence-electron chi connectivity index (χ0n) is 18.2. The van der Waals surface area contributed by atoms with Gasteiger partial charge in [0, 0.05) is 50.3 Å². The summed E-state index contributed by atoms with van der Waals surface area (Å²) in [5.74, 6) is 1.38. The highest BCUT2D eigenvalue weighted by Gasteiger charge is 2.47. The van der Waals surface area contributed by atoms with Gasteiger partial charge in [0.25, 0.3) is 0 Å². The van der Waals surface area contributed by atoms with Crippen LogP contribution in [0.5, 0.6) is 0 Å². The van der Waals surface area contributed by atoms with Gasteiger partial charge >= 0.3 is 0 Å². The van der Waals surface area contributed by atoms with Gasteiger partial charge < -0.3 is 4.90 Å². The summed E-state index contributed by atoms with van der Waals surface area (Å²) < 4.78 is 1.99. The molecule has 2 aliphatic rings. The zero-order chi connectivity index (χ0) is 20.0. The van der Waals surface area contributed by atoms with Crippen molar-refractivity contribution in [3.63, 3.8) is 0 Å². The first-order valence-corrected chi connectivity index (χ1v) is 10.4. The van der Waals surface area contributed by atoms with Crippen molar-refractivity contribution in [1.82, 2.24) is 19.6 Å². The van der Waals surface area contributed by atoms with Crippen LogP contribution in [0.2, 0.25) is 0 Å². The normalized spacial score (nSPS) is 23.9. The van der Waals surface area contributed by atoms with Crippen molar-refractivity contribution in [2.24, 2.45) is 11.8 Å². The summed E-state index contributed by atoms with van der Waals surface area (Å²) in [5, 5.41) is 4.58. The molecule has 2 saturated heterocycles. The van der Waals surface area contributed by atoms with Crippen LogP contribution in [0, 0.1) is 39.5 Å². The Morgan fingerprint density at radius 2 is 1.83 bits per heavy atom. The number of hydrogen-bond donors (Lipinski definition) is 0. The molecule has 0 aliphatic carbocycles. The number of benzene rings is 1. The highest BCUT2D eigenvalue weighted by Crippen LogP contribution is 2.44. The Morgan fingerprint density at radius 1 is 1.10 bits per heavy atom. The topological polar surface area (TPSA) is 41.4 Å². The molecule has 0 unspecified atom stereocenters. The summed E-state index contributed by atoms with van der Waals surface area (Å²) >= 11 is 0. The number of likely N-dealkylation sites (tertiary alicyclic amines) is 2. The second kappa shape index (κ2) is 8.49. The number of rotatable bonds is 4. The number of carbonyl (C=O) groups excluding carboxylic acids is 1. The van der Waals surface area contributed by atoms with Gasteiger partial charge in [-0.05, 0) is 57.4 Å². The molecule has 0 radical (unpaired) electrons. The molecule has 1 aromatic heterocycles. The third kappa shape index (κ3) is 3.95. The Hall–Kier alpha value is -1.85. The molecule has 0 saturated carbocycles. The Bertz CT molecular complexity index is 893. The van der Waals surface area contributed by atoms with Crippen LogP contribution in [0.1, 0.15) is 40.5 Å². The van der Waals surface area contributed by atoms with E-state index in [1.807, 2.05) is 11.6 Å². The lowest BCUT2D eigenvalue weighted by molar-refractivity contribution is -0.130. The van der Waals surface area contributed by atoms with Gasteiger partial charge in [-0.2, -0.15) is 5.10 Å². The van der Waals surface area contributed by atoms with Gasteiger partial charge in [0.1, 0.15) is 0 Å². The van der Waals surface area contributed by atoms with E-state index >= 15 is 0 Å². The number of fused-ring (bicyclic) bond motifs is 1. The predicted molar refractivity (Wildman–Crippen MR) is 118 cm³/mol. The molecule has 5 nitrogen and oxygen atoms in total. The van der Waals surface area contributed by atoms with Crippen LogP contribution in [-0.2, 0) is 11.3 Å². The Balaban J connectivity index is 0.00000240. The van der Waals surface area contributed by atoms with Crippen LogP contribution < -0.4 is 0 Å². The fourth-order valence-electron chi connectivity index (χ4n) is 5.21. The molecule has 0 N–H and O–H groups in total. The molecule has 29 heavy (non-hydrogen) atoms. The number of carbonyl (C=O) groups is 1. The molecule has 0 spiro atoms. The van der Waals surface area contributed by atoms with E-state index in [4.69, 9.17) is 0 Å². The molecule has 3 atom stereocenters. The number of nitrogens with zero attached hydrogens (tertiary/aromatic N) is 4. The average Bonchev–Trinajstić information content (AvgIpc) is 3.28. The molecular formula is C23H33ClN4O. The Labute approximate surface area is 180 Å². The summed E-state index contributed by atoms with van der Waals surface area (Å²) in [6.45, 7) is 11.9. The highest BCUT2D eigenvalue weighted by molar-refractivity contribution is 5.85. The van der Waals surface area contributed by atoms with Crippen molar-refractivity contribution in [3.8, 4) is 0 Å². The number of hydrogen-bond acceptors (Lipinski definition) is 3. The van der Waals surface area contributed by atoms with Crippen LogP contribution in [0.25, 0.3) is 0 Å². The molecule has 6 heteroatoms. The minimum Gasteiger partial charge on any atom is -0.342 e. The smallest absolute Gasteiger partial charge is 0.224 e. The lowest BCUT2D eigenvalue weighted by atomic mass is 9.88. The minimum absolute atomic E-state index is 0. The van der Waals surface area contributed by atoms with Crippen LogP contribution in [0.15, 0.2) is 24.3 Å². The third-order valence-electron chi connectivity index (χ3n) is 7.04. The van der Waals surface area contributed by atoms with E-state index in [1.54, 1.807) is 0 Å². The molecule has 0 bridgehead atoms. The van der Waals surface area contributed by atoms with Crippen molar-refractivity contribution in [2.75, 3.05) is 26.7 Å². The molecule has 1 amide bonds. The minimum atomic E-state index is 0. The lowest BCUT2D eigenvalue weighted by Crippen LogP contribution is -2.34. The molecular weight excluding hydrogens is 384 g/mol. The maximum Gasteiger partial charge on any atom is 0.224 e. The van der Waals surface area contributed by atoms with Gasteiger partial charge in [0.05, 0.1) is 5.69 Å². The summed E-state index contributed by atoms with van der Waals surface area (Å²) in [4.78, 5) is 17.5. The van der Waals surface area contributed by atoms with E-state index in [0.717, 1.165) is 25.3 Å². The third-order valence-corrected chi connectivity index (χ3v) is 7.04. The Morgan fingerprint density at radius 3 is 2.48 bits per heavy atom. The van der Waals surface area contributed by atoms with Gasteiger partial charge in [0.15, 0.2) is 0 Å². The van der Waals surface area contributed by atoms with Gasteiger partial charge in [0.2, 0.25) is 5.91 Å². The highest BCUT2D eigenvalue weighted by atomic mass is 35.5. The second-order valence-electron chi connectivity index (χ2n) is 8.73. The fourth-order valence-corrected chi connectivity index (χ4v) is 5.21. The summed E-state index contributed by atoms with van der Waals surface area (Å²) in [5.41, 5.74) is 6.23. The van der Waals surface area contributed by atoms with Gasteiger partial charge in [-0.15, -0.1) is 12.4 Å². The summed E-state index contributed by atoms with van der Waals surface area (Å²) in [7, 11) is 2.23. The first kappa shape index (κ1) is 21.8. The van der Waals surface area contributed by atoms with Crippen molar-refractivity contribution in [1.29, 1.82) is 0 Å². The predicted octanol–water partition coefficient (Wildman–Crippen LogP) is 3.69. The van der Waals surface area contributed by atoms with Crippen LogP contribution in [0.4, 0.5) is 0 Å². The number of aromatic nitrogens is 2. The monoisotopic (exact) mass is 416 g/mol. The molecule has 3 heterocycles. The van der Waals surface area contributed by atoms with E-state index in [1.165, 1.54) is 22.4 Å². The largest absolute Gasteiger partial charge is 0.342 e. The number of halogens is 1. The van der Waals surface area contributed by atoms with Gasteiger partial charge in [-0.3, -0.25) is 14.4 Å². The molecule has 2 aliphatic heterocycles. The SMILES string of the molecule is Cc1ccccc1[C@@H]1[C@@H]2CN(C(=O)CCn3nc(C)c(C)c3C)C[C@@H]2CN1C.Cl. The molecule has 2 aromatic rings. The van der Waals surface area contributed by atoms with Crippen molar-refractivity contribution in [2.45, 2.75) is 46.7 Å². The standard InChI is InChI=1S/C23H32N4O.ClH/c1-15-8-6-7-9-20(15)23-21-14-26(13-19(21)12-25(23)5)22(28)10-11-27-18(4)16(2)17(3)24-27;/h6-9,19,21,23H,10-14H2,1-5H3;1H/t19-,21+,23+;/m0./s1. The molecule has 2 fully saturated rings.